The number of nitrogens with zero attached hydrogens (tertiary/aromatic N) is 1. The van der Waals surface area contributed by atoms with Gasteiger partial charge in [-0.1, -0.05) is 23.7 Å². The predicted octanol–water partition coefficient (Wildman–Crippen LogP) is 2.01. The number of ether oxygens (including phenoxy) is 1. The molecule has 1 saturated carbocycles. The number of hydrogen-bond acceptors (Lipinski definition) is 4. The van der Waals surface area contributed by atoms with Gasteiger partial charge in [0.15, 0.2) is 0 Å². The Morgan fingerprint density at radius 1 is 1.29 bits per heavy atom. The molecule has 0 aromatic heterocycles. The molecule has 1 aromatic carbocycles. The largest absolute Gasteiger partial charge is 0.376 e. The zero-order chi connectivity index (χ0) is 16.7. The van der Waals surface area contributed by atoms with Crippen LogP contribution in [0.3, 0.4) is 0 Å². The first-order valence-electron chi connectivity index (χ1n) is 8.64. The molecule has 5 nitrogen and oxygen atoms in total. The summed E-state index contributed by atoms with van der Waals surface area (Å²) in [5.41, 5.74) is 0.714. The van der Waals surface area contributed by atoms with Crippen LogP contribution in [0.4, 0.5) is 0 Å². The van der Waals surface area contributed by atoms with E-state index in [-0.39, 0.29) is 23.9 Å². The van der Waals surface area contributed by atoms with E-state index in [4.69, 9.17) is 16.3 Å². The molecule has 4 atom stereocenters. The van der Waals surface area contributed by atoms with Gasteiger partial charge in [-0.25, -0.2) is 13.1 Å². The summed E-state index contributed by atoms with van der Waals surface area (Å²) < 4.78 is 34.1. The average Bonchev–Trinajstić information content (AvgIpc) is 3.15. The Balaban J connectivity index is 1.48. The minimum absolute atomic E-state index is 0.0280. The van der Waals surface area contributed by atoms with Crippen molar-refractivity contribution in [1.29, 1.82) is 0 Å². The molecule has 7 heteroatoms. The van der Waals surface area contributed by atoms with Gasteiger partial charge in [0.2, 0.25) is 10.0 Å². The maximum Gasteiger partial charge on any atom is 0.216 e. The third-order valence-corrected chi connectivity index (χ3v) is 7.05. The van der Waals surface area contributed by atoms with Gasteiger partial charge in [-0.05, 0) is 50.0 Å². The van der Waals surface area contributed by atoms with Crippen molar-refractivity contribution in [2.75, 3.05) is 19.7 Å². The van der Waals surface area contributed by atoms with Crippen LogP contribution >= 0.6 is 11.6 Å². The Bertz CT molecular complexity index is 701. The van der Waals surface area contributed by atoms with Gasteiger partial charge >= 0.3 is 0 Å². The number of rotatable bonds is 5. The van der Waals surface area contributed by atoms with Crippen LogP contribution in [0.2, 0.25) is 5.02 Å². The molecule has 0 unspecified atom stereocenters. The summed E-state index contributed by atoms with van der Waals surface area (Å²) in [6, 6.07) is 7.20. The smallest absolute Gasteiger partial charge is 0.216 e. The van der Waals surface area contributed by atoms with E-state index in [2.05, 4.69) is 9.62 Å². The zero-order valence-corrected chi connectivity index (χ0v) is 15.1. The molecule has 4 rings (SSSR count). The van der Waals surface area contributed by atoms with Crippen LogP contribution < -0.4 is 4.72 Å². The molecule has 0 bridgehead atoms. The van der Waals surface area contributed by atoms with Gasteiger partial charge in [-0.3, -0.25) is 4.90 Å². The van der Waals surface area contributed by atoms with Crippen molar-refractivity contribution in [3.63, 3.8) is 0 Å². The van der Waals surface area contributed by atoms with E-state index in [1.54, 1.807) is 24.3 Å². The summed E-state index contributed by atoms with van der Waals surface area (Å²) in [6.07, 6.45) is 3.52. The molecule has 2 saturated heterocycles. The summed E-state index contributed by atoms with van der Waals surface area (Å²) in [5.74, 6) is 0.277. The topological polar surface area (TPSA) is 58.6 Å². The lowest BCUT2D eigenvalue weighted by atomic mass is 9.71. The lowest BCUT2D eigenvalue weighted by Gasteiger charge is -2.51. The van der Waals surface area contributed by atoms with E-state index in [9.17, 15) is 8.42 Å². The van der Waals surface area contributed by atoms with Gasteiger partial charge in [0, 0.05) is 23.6 Å². The molecule has 1 N–H and O–H groups in total. The normalized spacial score (nSPS) is 33.4. The van der Waals surface area contributed by atoms with E-state index in [1.165, 1.54) is 12.8 Å². The van der Waals surface area contributed by atoms with Gasteiger partial charge in [-0.2, -0.15) is 0 Å². The van der Waals surface area contributed by atoms with Crippen LogP contribution in [0, 0.1) is 5.92 Å². The lowest BCUT2D eigenvalue weighted by molar-refractivity contribution is -0.0712. The molecule has 3 fully saturated rings. The first-order valence-corrected chi connectivity index (χ1v) is 10.7. The number of halogens is 1. The first-order chi connectivity index (χ1) is 11.5. The fourth-order valence-electron chi connectivity index (χ4n) is 4.40. The molecule has 3 aliphatic rings. The molecule has 0 amide bonds. The average molecular weight is 371 g/mol. The Hall–Kier alpha value is -0.660. The minimum atomic E-state index is -3.40. The van der Waals surface area contributed by atoms with E-state index in [1.807, 2.05) is 0 Å². The van der Waals surface area contributed by atoms with Crippen molar-refractivity contribution in [2.24, 2.45) is 5.92 Å². The fourth-order valence-corrected chi connectivity index (χ4v) is 6.05. The molecule has 2 heterocycles. The number of sulfonamides is 1. The summed E-state index contributed by atoms with van der Waals surface area (Å²) in [6.45, 7) is 2.83. The fraction of sp³-hybridized carbons (Fsp3) is 0.647. The molecular formula is C17H23ClN2O3S. The van der Waals surface area contributed by atoms with Crippen LogP contribution in [-0.2, 0) is 20.5 Å². The zero-order valence-electron chi connectivity index (χ0n) is 13.5. The molecule has 1 aromatic rings. The molecule has 0 radical (unpaired) electrons. The number of fused-ring (bicyclic) bond motifs is 1. The summed E-state index contributed by atoms with van der Waals surface area (Å²) in [5, 5.41) is 0.561. The Kier molecular flexibility index (Phi) is 4.60. The van der Waals surface area contributed by atoms with Gasteiger partial charge in [0.25, 0.3) is 0 Å². The molecule has 2 aliphatic heterocycles. The lowest BCUT2D eigenvalue weighted by Crippen LogP contribution is -2.70. The van der Waals surface area contributed by atoms with E-state index in [0.29, 0.717) is 16.5 Å². The number of benzene rings is 1. The van der Waals surface area contributed by atoms with Crippen molar-refractivity contribution in [1.82, 2.24) is 9.62 Å². The first kappa shape index (κ1) is 16.8. The highest BCUT2D eigenvalue weighted by Gasteiger charge is 2.57. The highest BCUT2D eigenvalue weighted by Crippen LogP contribution is 2.43. The monoisotopic (exact) mass is 370 g/mol. The molecular weight excluding hydrogens is 348 g/mol. The number of likely N-dealkylation sites (tertiary alicyclic amines) is 1. The van der Waals surface area contributed by atoms with Crippen LogP contribution in [-0.4, -0.2) is 51.2 Å². The molecule has 24 heavy (non-hydrogen) atoms. The van der Waals surface area contributed by atoms with Gasteiger partial charge in [0.1, 0.15) is 0 Å². The van der Waals surface area contributed by atoms with Crippen molar-refractivity contribution in [3.8, 4) is 0 Å². The second kappa shape index (κ2) is 6.57. The van der Waals surface area contributed by atoms with Crippen molar-refractivity contribution in [2.45, 2.75) is 43.2 Å². The second-order valence-electron chi connectivity index (χ2n) is 7.05. The van der Waals surface area contributed by atoms with Gasteiger partial charge in [0.05, 0.1) is 17.9 Å². The van der Waals surface area contributed by atoms with Crippen LogP contribution in [0.1, 0.15) is 24.8 Å². The maximum absolute atomic E-state index is 12.6. The Morgan fingerprint density at radius 2 is 2.08 bits per heavy atom. The highest BCUT2D eigenvalue weighted by atomic mass is 35.5. The van der Waals surface area contributed by atoms with E-state index < -0.39 is 10.0 Å². The predicted molar refractivity (Wildman–Crippen MR) is 93.4 cm³/mol. The van der Waals surface area contributed by atoms with Crippen molar-refractivity contribution in [3.05, 3.63) is 34.9 Å². The van der Waals surface area contributed by atoms with Crippen LogP contribution in [0.25, 0.3) is 0 Å². The third-order valence-electron chi connectivity index (χ3n) is 5.47. The van der Waals surface area contributed by atoms with E-state index in [0.717, 1.165) is 26.1 Å². The van der Waals surface area contributed by atoms with Crippen molar-refractivity contribution < 1.29 is 13.2 Å². The Labute approximate surface area is 148 Å². The van der Waals surface area contributed by atoms with Gasteiger partial charge in [-0.15, -0.1) is 0 Å². The quantitative estimate of drug-likeness (QED) is 0.861. The van der Waals surface area contributed by atoms with Crippen LogP contribution in [0.5, 0.6) is 0 Å². The molecule has 0 spiro atoms. The highest BCUT2D eigenvalue weighted by molar-refractivity contribution is 7.88. The summed E-state index contributed by atoms with van der Waals surface area (Å²) >= 11 is 5.96. The van der Waals surface area contributed by atoms with Crippen LogP contribution in [0.15, 0.2) is 24.3 Å². The molecule has 1 aliphatic carbocycles. The Morgan fingerprint density at radius 3 is 2.83 bits per heavy atom. The number of hydrogen-bond donors (Lipinski definition) is 1. The summed E-state index contributed by atoms with van der Waals surface area (Å²) in [4.78, 5) is 2.40. The third kappa shape index (κ3) is 3.22. The summed E-state index contributed by atoms with van der Waals surface area (Å²) in [7, 11) is -3.40. The standard InChI is InChI=1S/C17H23ClN2O3S/c18-13-5-3-4-12(10-13)11-24(21,22)19-15-14-6-9-23-17(14)16(15)20-7-1-2-8-20/h3-5,10,14-17,19H,1-2,6-9,11H2/t14-,15+,16-,17-/m1/s1. The van der Waals surface area contributed by atoms with Crippen molar-refractivity contribution >= 4 is 21.6 Å². The minimum Gasteiger partial charge on any atom is -0.376 e. The SMILES string of the molecule is O=S(=O)(Cc1cccc(Cl)c1)N[C@H]1[C@H]2CCO[C@H]2[C@@H]1N1CCCC1. The molecule has 132 valence electrons. The van der Waals surface area contributed by atoms with E-state index >= 15 is 0 Å². The van der Waals surface area contributed by atoms with Gasteiger partial charge < -0.3 is 4.74 Å². The number of nitrogens with one attached hydrogen (secondary N) is 1. The maximum atomic E-state index is 12.6. The second-order valence-corrected chi connectivity index (χ2v) is 9.24.